The first-order valence-corrected chi connectivity index (χ1v) is 5.60. The van der Waals surface area contributed by atoms with Crippen LogP contribution in [0.15, 0.2) is 41.4 Å². The third-order valence-corrected chi connectivity index (χ3v) is 2.55. The summed E-state index contributed by atoms with van der Waals surface area (Å²) in [6.07, 6.45) is 3.04. The molecule has 3 rings (SSSR count). The molecule has 0 aliphatic heterocycles. The molecule has 0 N–H and O–H groups in total. The molecule has 6 nitrogen and oxygen atoms in total. The van der Waals surface area contributed by atoms with E-state index in [1.54, 1.807) is 23.1 Å². The summed E-state index contributed by atoms with van der Waals surface area (Å²) < 4.78 is 6.75. The Balaban J connectivity index is 1.85. The molecule has 0 unspecified atom stereocenters. The Morgan fingerprint density at radius 3 is 3.06 bits per heavy atom. The minimum Gasteiger partial charge on any atom is -0.337 e. The van der Waals surface area contributed by atoms with E-state index in [2.05, 4.69) is 20.2 Å². The molecule has 18 heavy (non-hydrogen) atoms. The first kappa shape index (κ1) is 10.9. The molecule has 0 fully saturated rings. The van der Waals surface area contributed by atoms with Crippen LogP contribution in [0.5, 0.6) is 0 Å². The van der Waals surface area contributed by atoms with Crippen molar-refractivity contribution in [1.29, 1.82) is 0 Å². The van der Waals surface area contributed by atoms with E-state index in [1.807, 2.05) is 12.1 Å². The molecule has 2 aromatic heterocycles. The summed E-state index contributed by atoms with van der Waals surface area (Å²) in [5, 5.41) is 8.50. The molecule has 2 heterocycles. The maximum atomic E-state index is 5.91. The first-order valence-electron chi connectivity index (χ1n) is 5.22. The van der Waals surface area contributed by atoms with Gasteiger partial charge in [0.15, 0.2) is 0 Å². The molecule has 0 radical (unpaired) electrons. The fraction of sp³-hybridized carbons (Fsp3) is 0.0909. The molecule has 0 bridgehead atoms. The van der Waals surface area contributed by atoms with Crippen molar-refractivity contribution < 1.29 is 4.52 Å². The van der Waals surface area contributed by atoms with Gasteiger partial charge in [-0.15, -0.1) is 0 Å². The van der Waals surface area contributed by atoms with Crippen molar-refractivity contribution in [2.24, 2.45) is 0 Å². The number of halogens is 1. The van der Waals surface area contributed by atoms with Crippen LogP contribution in [-0.4, -0.2) is 24.9 Å². The zero-order chi connectivity index (χ0) is 12.4. The van der Waals surface area contributed by atoms with Crippen molar-refractivity contribution >= 4 is 11.6 Å². The summed E-state index contributed by atoms with van der Waals surface area (Å²) in [5.41, 5.74) is 0.816. The predicted octanol–water partition coefficient (Wildman–Crippen LogP) is 2.03. The van der Waals surface area contributed by atoms with E-state index in [-0.39, 0.29) is 0 Å². The highest BCUT2D eigenvalue weighted by atomic mass is 35.5. The van der Waals surface area contributed by atoms with Crippen molar-refractivity contribution in [2.75, 3.05) is 0 Å². The van der Waals surface area contributed by atoms with Gasteiger partial charge in [0.25, 0.3) is 0 Å². The van der Waals surface area contributed by atoms with E-state index in [0.29, 0.717) is 23.3 Å². The van der Waals surface area contributed by atoms with Crippen molar-refractivity contribution in [3.8, 4) is 11.4 Å². The van der Waals surface area contributed by atoms with Gasteiger partial charge in [-0.25, -0.2) is 9.67 Å². The zero-order valence-corrected chi connectivity index (χ0v) is 9.95. The number of rotatable bonds is 3. The Morgan fingerprint density at radius 1 is 1.33 bits per heavy atom. The second-order valence-electron chi connectivity index (χ2n) is 3.62. The fourth-order valence-electron chi connectivity index (χ4n) is 1.52. The van der Waals surface area contributed by atoms with Gasteiger partial charge in [0.05, 0.1) is 0 Å². The molecule has 0 spiro atoms. The van der Waals surface area contributed by atoms with E-state index in [0.717, 1.165) is 5.56 Å². The Morgan fingerprint density at radius 2 is 2.28 bits per heavy atom. The van der Waals surface area contributed by atoms with E-state index >= 15 is 0 Å². The standard InChI is InChI=1S/C11H8ClN5O/c12-9-3-1-2-8(4-9)11-15-10(18-16-11)5-17-7-13-6-14-17/h1-4,6-7H,5H2. The van der Waals surface area contributed by atoms with E-state index in [9.17, 15) is 0 Å². The van der Waals surface area contributed by atoms with Crippen LogP contribution >= 0.6 is 11.6 Å². The molecule has 1 aromatic carbocycles. The molecule has 0 saturated carbocycles. The van der Waals surface area contributed by atoms with Gasteiger partial charge >= 0.3 is 0 Å². The molecule has 0 aliphatic carbocycles. The molecule has 0 amide bonds. The summed E-state index contributed by atoms with van der Waals surface area (Å²) in [4.78, 5) is 8.11. The normalized spacial score (nSPS) is 10.7. The molecule has 0 aliphatic rings. The molecule has 3 aromatic rings. The van der Waals surface area contributed by atoms with Crippen LogP contribution in [0.3, 0.4) is 0 Å². The maximum absolute atomic E-state index is 5.91. The average molecular weight is 262 g/mol. The van der Waals surface area contributed by atoms with Crippen LogP contribution < -0.4 is 0 Å². The van der Waals surface area contributed by atoms with E-state index in [1.165, 1.54) is 6.33 Å². The topological polar surface area (TPSA) is 69.6 Å². The summed E-state index contributed by atoms with van der Waals surface area (Å²) in [7, 11) is 0. The van der Waals surface area contributed by atoms with Gasteiger partial charge in [-0.1, -0.05) is 28.9 Å². The van der Waals surface area contributed by atoms with E-state index in [4.69, 9.17) is 16.1 Å². The second-order valence-corrected chi connectivity index (χ2v) is 4.05. The summed E-state index contributed by atoms with van der Waals surface area (Å²) >= 11 is 5.91. The number of nitrogens with zero attached hydrogens (tertiary/aromatic N) is 5. The number of hydrogen-bond donors (Lipinski definition) is 0. The monoisotopic (exact) mass is 261 g/mol. The fourth-order valence-corrected chi connectivity index (χ4v) is 1.71. The lowest BCUT2D eigenvalue weighted by Crippen LogP contribution is -1.99. The summed E-state index contributed by atoms with van der Waals surface area (Å²) in [5.74, 6) is 0.975. The van der Waals surface area contributed by atoms with Crippen LogP contribution in [0.4, 0.5) is 0 Å². The predicted molar refractivity (Wildman–Crippen MR) is 63.9 cm³/mol. The number of aromatic nitrogens is 5. The lowest BCUT2D eigenvalue weighted by atomic mass is 10.2. The van der Waals surface area contributed by atoms with Gasteiger partial charge in [-0.05, 0) is 12.1 Å². The van der Waals surface area contributed by atoms with Crippen molar-refractivity contribution in [3.05, 3.63) is 47.8 Å². The SMILES string of the molecule is Clc1cccc(-c2noc(Cn3cncn3)n2)c1. The third-order valence-electron chi connectivity index (χ3n) is 2.31. The Labute approximate surface area is 107 Å². The summed E-state index contributed by atoms with van der Waals surface area (Å²) in [6.45, 7) is 0.396. The van der Waals surface area contributed by atoms with Crippen LogP contribution in [0, 0.1) is 0 Å². The highest BCUT2D eigenvalue weighted by Gasteiger charge is 2.09. The molecule has 0 saturated heterocycles. The quantitative estimate of drug-likeness (QED) is 0.721. The average Bonchev–Trinajstić information content (AvgIpc) is 3.01. The minimum absolute atomic E-state index is 0.396. The van der Waals surface area contributed by atoms with Gasteiger partial charge < -0.3 is 4.52 Å². The number of benzene rings is 1. The van der Waals surface area contributed by atoms with Crippen LogP contribution in [0.25, 0.3) is 11.4 Å². The van der Waals surface area contributed by atoms with Crippen LogP contribution in [0.1, 0.15) is 5.89 Å². The Bertz CT molecular complexity index is 649. The van der Waals surface area contributed by atoms with Crippen LogP contribution in [-0.2, 0) is 6.54 Å². The molecule has 7 heteroatoms. The Hall–Kier alpha value is -2.21. The van der Waals surface area contributed by atoms with Crippen molar-refractivity contribution in [3.63, 3.8) is 0 Å². The number of hydrogen-bond acceptors (Lipinski definition) is 5. The Kier molecular flexibility index (Phi) is 2.77. The van der Waals surface area contributed by atoms with E-state index < -0.39 is 0 Å². The van der Waals surface area contributed by atoms with Gasteiger partial charge in [-0.2, -0.15) is 10.1 Å². The lowest BCUT2D eigenvalue weighted by Gasteiger charge is -1.94. The van der Waals surface area contributed by atoms with Gasteiger partial charge in [0, 0.05) is 10.6 Å². The smallest absolute Gasteiger partial charge is 0.248 e. The van der Waals surface area contributed by atoms with Gasteiger partial charge in [0.1, 0.15) is 19.2 Å². The minimum atomic E-state index is 0.396. The first-order chi connectivity index (χ1) is 8.81. The summed E-state index contributed by atoms with van der Waals surface area (Å²) in [6, 6.07) is 7.29. The zero-order valence-electron chi connectivity index (χ0n) is 9.19. The maximum Gasteiger partial charge on any atom is 0.248 e. The third kappa shape index (κ3) is 2.23. The molecular weight excluding hydrogens is 254 g/mol. The van der Waals surface area contributed by atoms with Gasteiger partial charge in [-0.3, -0.25) is 0 Å². The highest BCUT2D eigenvalue weighted by Crippen LogP contribution is 2.19. The van der Waals surface area contributed by atoms with Gasteiger partial charge in [0.2, 0.25) is 11.7 Å². The molecule has 90 valence electrons. The second kappa shape index (κ2) is 4.58. The lowest BCUT2D eigenvalue weighted by molar-refractivity contribution is 0.366. The largest absolute Gasteiger partial charge is 0.337 e. The van der Waals surface area contributed by atoms with Crippen LogP contribution in [0.2, 0.25) is 5.02 Å². The van der Waals surface area contributed by atoms with Crippen molar-refractivity contribution in [2.45, 2.75) is 6.54 Å². The molecular formula is C11H8ClN5O. The van der Waals surface area contributed by atoms with Crippen molar-refractivity contribution in [1.82, 2.24) is 24.9 Å². The molecule has 0 atom stereocenters. The highest BCUT2D eigenvalue weighted by molar-refractivity contribution is 6.30.